The van der Waals surface area contributed by atoms with E-state index in [1.165, 1.54) is 13.3 Å². The molecule has 1 aliphatic heterocycles. The number of aliphatic hydroxyl groups excluding tert-OH is 1. The molecule has 0 amide bonds. The molecule has 206 valence electrons. The van der Waals surface area contributed by atoms with Gasteiger partial charge in [0.25, 0.3) is 0 Å². The summed E-state index contributed by atoms with van der Waals surface area (Å²) in [6, 6.07) is 7.18. The van der Waals surface area contributed by atoms with Crippen molar-refractivity contribution in [3.05, 3.63) is 70.7 Å². The molecule has 1 aromatic heterocycles. The molecule has 9 heteroatoms. The van der Waals surface area contributed by atoms with Gasteiger partial charge >= 0.3 is 0 Å². The number of fused-ring (bicyclic) bond motifs is 1. The van der Waals surface area contributed by atoms with Crippen LogP contribution in [0.1, 0.15) is 55.0 Å². The van der Waals surface area contributed by atoms with Crippen molar-refractivity contribution in [2.24, 2.45) is 5.41 Å². The summed E-state index contributed by atoms with van der Waals surface area (Å²) in [4.78, 5) is 6.46. The van der Waals surface area contributed by atoms with Crippen molar-refractivity contribution in [3.63, 3.8) is 0 Å². The molecule has 0 spiro atoms. The molecule has 1 atom stereocenters. The summed E-state index contributed by atoms with van der Waals surface area (Å²) in [6.07, 6.45) is 2.97. The van der Waals surface area contributed by atoms with Crippen LogP contribution < -0.4 is 4.74 Å². The van der Waals surface area contributed by atoms with Gasteiger partial charge in [0, 0.05) is 29.3 Å². The highest BCUT2D eigenvalue weighted by atomic mass is 19.2. The molecule has 0 bridgehead atoms. The SMILES string of the molecule is COc1ccc2ncc(CF)c([C@@H](F)CCC3(CO)CCN(CCCc4cc(F)c(F)c(F)c4)CC3)c2c1. The average Bonchev–Trinajstić information content (AvgIpc) is 2.94. The topological polar surface area (TPSA) is 45.6 Å². The maximum atomic E-state index is 15.7. The second kappa shape index (κ2) is 12.4. The molecular formula is C29H33F5N2O2. The fourth-order valence-electron chi connectivity index (χ4n) is 5.41. The lowest BCUT2D eigenvalue weighted by Gasteiger charge is -2.41. The first kappa shape index (κ1) is 28.2. The number of rotatable bonds is 11. The van der Waals surface area contributed by atoms with Gasteiger partial charge in [0.15, 0.2) is 17.5 Å². The van der Waals surface area contributed by atoms with Crippen molar-refractivity contribution in [1.29, 1.82) is 0 Å². The van der Waals surface area contributed by atoms with Crippen molar-refractivity contribution in [1.82, 2.24) is 9.88 Å². The van der Waals surface area contributed by atoms with Crippen LogP contribution in [0.15, 0.2) is 36.5 Å². The fourth-order valence-corrected chi connectivity index (χ4v) is 5.41. The second-order valence-electron chi connectivity index (χ2n) is 10.2. The lowest BCUT2D eigenvalue weighted by molar-refractivity contribution is 0.0299. The number of hydrogen-bond acceptors (Lipinski definition) is 4. The number of hydrogen-bond donors (Lipinski definition) is 1. The molecule has 4 rings (SSSR count). The molecule has 2 aromatic carbocycles. The standard InChI is InChI=1S/C29H33F5N2O2/c1-38-21-4-5-26-22(15-21)27(20(16-30)17-35-26)23(31)6-7-29(18-37)8-11-36(12-9-29)10-2-3-19-13-24(32)28(34)25(33)14-19/h4-5,13-15,17,23,37H,2-3,6-12,16,18H2,1H3/t23-/m0/s1. The van der Waals surface area contributed by atoms with Crippen LogP contribution in [-0.4, -0.2) is 48.3 Å². The quantitative estimate of drug-likeness (QED) is 0.221. The predicted octanol–water partition coefficient (Wildman–Crippen LogP) is 6.63. The monoisotopic (exact) mass is 536 g/mol. The Bertz CT molecular complexity index is 1220. The number of nitrogens with zero attached hydrogens (tertiary/aromatic N) is 2. The number of pyridine rings is 1. The molecule has 1 N–H and O–H groups in total. The minimum Gasteiger partial charge on any atom is -0.497 e. The Hall–Kier alpha value is -2.78. The van der Waals surface area contributed by atoms with E-state index in [2.05, 4.69) is 9.88 Å². The van der Waals surface area contributed by atoms with Gasteiger partial charge in [0.05, 0.1) is 12.6 Å². The summed E-state index contributed by atoms with van der Waals surface area (Å²) >= 11 is 0. The third-order valence-corrected chi connectivity index (χ3v) is 7.82. The Balaban J connectivity index is 1.34. The van der Waals surface area contributed by atoms with E-state index in [0.717, 1.165) is 12.1 Å². The van der Waals surface area contributed by atoms with E-state index in [0.29, 0.717) is 74.0 Å². The third kappa shape index (κ3) is 6.26. The van der Waals surface area contributed by atoms with Gasteiger partial charge in [-0.3, -0.25) is 4.98 Å². The van der Waals surface area contributed by atoms with E-state index in [4.69, 9.17) is 4.74 Å². The van der Waals surface area contributed by atoms with Crippen LogP contribution in [-0.2, 0) is 13.1 Å². The number of aryl methyl sites for hydroxylation is 1. The van der Waals surface area contributed by atoms with E-state index in [-0.39, 0.29) is 24.2 Å². The Labute approximate surface area is 219 Å². The van der Waals surface area contributed by atoms with Crippen LogP contribution in [0.4, 0.5) is 22.0 Å². The highest BCUT2D eigenvalue weighted by molar-refractivity contribution is 5.85. The van der Waals surface area contributed by atoms with Crippen LogP contribution in [0.3, 0.4) is 0 Å². The molecule has 1 saturated heterocycles. The third-order valence-electron chi connectivity index (χ3n) is 7.82. The zero-order chi connectivity index (χ0) is 27.3. The Morgan fingerprint density at radius 3 is 2.45 bits per heavy atom. The minimum absolute atomic E-state index is 0.0669. The lowest BCUT2D eigenvalue weighted by Crippen LogP contribution is -2.42. The van der Waals surface area contributed by atoms with Gasteiger partial charge < -0.3 is 14.7 Å². The maximum Gasteiger partial charge on any atom is 0.194 e. The number of benzene rings is 2. The van der Waals surface area contributed by atoms with Crippen LogP contribution in [0.2, 0.25) is 0 Å². The van der Waals surface area contributed by atoms with Crippen LogP contribution >= 0.6 is 0 Å². The van der Waals surface area contributed by atoms with Gasteiger partial charge in [-0.1, -0.05) is 0 Å². The van der Waals surface area contributed by atoms with Crippen molar-refractivity contribution >= 4 is 10.9 Å². The van der Waals surface area contributed by atoms with Gasteiger partial charge in [0.2, 0.25) is 0 Å². The highest BCUT2D eigenvalue weighted by Crippen LogP contribution is 2.41. The van der Waals surface area contributed by atoms with Crippen LogP contribution in [0.25, 0.3) is 10.9 Å². The van der Waals surface area contributed by atoms with Gasteiger partial charge in [-0.05, 0) is 99.5 Å². The van der Waals surface area contributed by atoms with Crippen molar-refractivity contribution in [2.75, 3.05) is 33.4 Å². The molecule has 0 radical (unpaired) electrons. The van der Waals surface area contributed by atoms with Gasteiger partial charge in [-0.25, -0.2) is 22.0 Å². The second-order valence-corrected chi connectivity index (χ2v) is 10.2. The van der Waals surface area contributed by atoms with Gasteiger partial charge in [-0.2, -0.15) is 0 Å². The molecule has 3 aromatic rings. The minimum atomic E-state index is -1.46. The smallest absolute Gasteiger partial charge is 0.194 e. The van der Waals surface area contributed by atoms with Crippen LogP contribution in [0.5, 0.6) is 5.75 Å². The van der Waals surface area contributed by atoms with E-state index in [1.807, 2.05) is 0 Å². The number of aliphatic hydroxyl groups is 1. The van der Waals surface area contributed by atoms with Gasteiger partial charge in [-0.15, -0.1) is 0 Å². The van der Waals surface area contributed by atoms with Gasteiger partial charge in [0.1, 0.15) is 18.6 Å². The first-order chi connectivity index (χ1) is 18.3. The maximum absolute atomic E-state index is 15.7. The average molecular weight is 537 g/mol. The number of likely N-dealkylation sites (tertiary alicyclic amines) is 1. The number of piperidine rings is 1. The largest absolute Gasteiger partial charge is 0.497 e. The summed E-state index contributed by atoms with van der Waals surface area (Å²) < 4.78 is 74.7. The molecule has 38 heavy (non-hydrogen) atoms. The van der Waals surface area contributed by atoms with E-state index < -0.39 is 35.7 Å². The zero-order valence-electron chi connectivity index (χ0n) is 21.5. The Morgan fingerprint density at radius 2 is 1.82 bits per heavy atom. The summed E-state index contributed by atoms with van der Waals surface area (Å²) in [6.45, 7) is 1.21. The highest BCUT2D eigenvalue weighted by Gasteiger charge is 2.35. The molecule has 0 aliphatic carbocycles. The summed E-state index contributed by atoms with van der Waals surface area (Å²) in [5, 5.41) is 10.8. The van der Waals surface area contributed by atoms with Crippen LogP contribution in [0, 0.1) is 22.9 Å². The summed E-state index contributed by atoms with van der Waals surface area (Å²) in [7, 11) is 1.51. The Morgan fingerprint density at radius 1 is 1.11 bits per heavy atom. The molecule has 1 aliphatic rings. The van der Waals surface area contributed by atoms with E-state index in [9.17, 15) is 22.7 Å². The number of halogens is 5. The Kier molecular flexibility index (Phi) is 9.20. The number of methoxy groups -OCH3 is 1. The molecule has 1 fully saturated rings. The molecule has 2 heterocycles. The summed E-state index contributed by atoms with van der Waals surface area (Å²) in [5.41, 5.74) is 1.05. The van der Waals surface area contributed by atoms with E-state index >= 15 is 4.39 Å². The first-order valence-corrected chi connectivity index (χ1v) is 12.9. The number of alkyl halides is 2. The number of ether oxygens (including phenoxy) is 1. The molecule has 4 nitrogen and oxygen atoms in total. The van der Waals surface area contributed by atoms with Crippen molar-refractivity contribution < 1.29 is 31.8 Å². The zero-order valence-corrected chi connectivity index (χ0v) is 21.5. The summed E-state index contributed by atoms with van der Waals surface area (Å²) in [5.74, 6) is -3.29. The van der Waals surface area contributed by atoms with Crippen molar-refractivity contribution in [2.45, 2.75) is 51.4 Å². The lowest BCUT2D eigenvalue weighted by atomic mass is 9.74. The van der Waals surface area contributed by atoms with E-state index in [1.54, 1.807) is 18.2 Å². The molecule has 0 saturated carbocycles. The molecule has 0 unspecified atom stereocenters. The molecular weight excluding hydrogens is 503 g/mol. The predicted molar refractivity (Wildman–Crippen MR) is 136 cm³/mol. The normalized spacial score (nSPS) is 16.6. The number of aromatic nitrogens is 1. The first-order valence-electron chi connectivity index (χ1n) is 12.9. The fraction of sp³-hybridized carbons (Fsp3) is 0.483. The van der Waals surface area contributed by atoms with Crippen molar-refractivity contribution in [3.8, 4) is 5.75 Å².